The zero-order valence-corrected chi connectivity index (χ0v) is 9.47. The minimum Gasteiger partial charge on any atom is -0.253 e. The summed E-state index contributed by atoms with van der Waals surface area (Å²) in [5.74, 6) is 0. The predicted molar refractivity (Wildman–Crippen MR) is 56.2 cm³/mol. The topological polar surface area (TPSA) is 41.6 Å². The van der Waals surface area contributed by atoms with Crippen LogP contribution in [0.4, 0.5) is 0 Å². The molecule has 0 fully saturated rings. The van der Waals surface area contributed by atoms with Gasteiger partial charge in [0.1, 0.15) is 5.15 Å². The summed E-state index contributed by atoms with van der Waals surface area (Å²) < 4.78 is 1.67. The number of hydrogen-bond acceptors (Lipinski definition) is 2. The van der Waals surface area contributed by atoms with Crippen LogP contribution >= 0.6 is 11.6 Å². The first-order valence-electron chi connectivity index (χ1n) is 4.55. The van der Waals surface area contributed by atoms with E-state index in [0.717, 1.165) is 5.56 Å². The first-order chi connectivity index (χ1) is 6.46. The first-order valence-corrected chi connectivity index (χ1v) is 4.93. The minimum absolute atomic E-state index is 0.00196. The van der Waals surface area contributed by atoms with E-state index in [0.29, 0.717) is 18.1 Å². The molecule has 0 aliphatic carbocycles. The zero-order valence-electron chi connectivity index (χ0n) is 8.71. The highest BCUT2D eigenvalue weighted by Crippen LogP contribution is 2.28. The first kappa shape index (κ1) is 11.1. The third-order valence-electron chi connectivity index (χ3n) is 2.02. The lowest BCUT2D eigenvalue weighted by Crippen LogP contribution is -2.11. The van der Waals surface area contributed by atoms with Gasteiger partial charge < -0.3 is 0 Å². The highest BCUT2D eigenvalue weighted by molar-refractivity contribution is 6.30. The van der Waals surface area contributed by atoms with Crippen molar-refractivity contribution in [3.63, 3.8) is 0 Å². The van der Waals surface area contributed by atoms with E-state index in [9.17, 15) is 0 Å². The van der Waals surface area contributed by atoms with Crippen LogP contribution in [-0.4, -0.2) is 9.78 Å². The van der Waals surface area contributed by atoms with Gasteiger partial charge in [0.25, 0.3) is 0 Å². The van der Waals surface area contributed by atoms with Crippen molar-refractivity contribution in [2.45, 2.75) is 39.2 Å². The van der Waals surface area contributed by atoms with Gasteiger partial charge in [-0.15, -0.1) is 0 Å². The number of nitrogens with zero attached hydrogens (tertiary/aromatic N) is 3. The predicted octanol–water partition coefficient (Wildman–Crippen LogP) is 2.75. The van der Waals surface area contributed by atoms with Crippen LogP contribution < -0.4 is 0 Å². The maximum absolute atomic E-state index is 8.45. The van der Waals surface area contributed by atoms with E-state index in [2.05, 4.69) is 31.9 Å². The molecule has 0 aliphatic heterocycles. The lowest BCUT2D eigenvalue weighted by molar-refractivity contribution is 0.584. The number of aryl methyl sites for hydroxylation is 1. The second-order valence-electron chi connectivity index (χ2n) is 4.23. The Morgan fingerprint density at radius 3 is 2.64 bits per heavy atom. The highest BCUT2D eigenvalue weighted by atomic mass is 35.5. The van der Waals surface area contributed by atoms with Gasteiger partial charge in [0, 0.05) is 5.56 Å². The van der Waals surface area contributed by atoms with Gasteiger partial charge in [-0.3, -0.25) is 4.68 Å². The summed E-state index contributed by atoms with van der Waals surface area (Å²) in [7, 11) is 0. The molecule has 14 heavy (non-hydrogen) atoms. The molecule has 0 aromatic carbocycles. The molecular formula is C10H14ClN3. The molecule has 0 spiro atoms. The third kappa shape index (κ3) is 2.27. The van der Waals surface area contributed by atoms with Gasteiger partial charge in [0.2, 0.25) is 0 Å². The largest absolute Gasteiger partial charge is 0.253 e. The number of aromatic nitrogens is 2. The lowest BCUT2D eigenvalue weighted by atomic mass is 9.90. The van der Waals surface area contributed by atoms with Crippen LogP contribution in [0.15, 0.2) is 6.20 Å². The molecule has 1 aromatic rings. The fourth-order valence-electron chi connectivity index (χ4n) is 1.19. The van der Waals surface area contributed by atoms with Crippen LogP contribution in [0, 0.1) is 11.3 Å². The van der Waals surface area contributed by atoms with E-state index in [4.69, 9.17) is 16.9 Å². The summed E-state index contributed by atoms with van der Waals surface area (Å²) in [5, 5.41) is 13.3. The Bertz CT molecular complexity index is 354. The van der Waals surface area contributed by atoms with Gasteiger partial charge in [0.05, 0.1) is 25.2 Å². The average Bonchev–Trinajstić information content (AvgIpc) is 2.42. The molecule has 1 rings (SSSR count). The quantitative estimate of drug-likeness (QED) is 0.755. The van der Waals surface area contributed by atoms with Crippen molar-refractivity contribution in [2.24, 2.45) is 0 Å². The van der Waals surface area contributed by atoms with Gasteiger partial charge in [-0.05, 0) is 5.41 Å². The second kappa shape index (κ2) is 4.02. The van der Waals surface area contributed by atoms with E-state index < -0.39 is 0 Å². The van der Waals surface area contributed by atoms with Crippen molar-refractivity contribution in [3.8, 4) is 6.07 Å². The molecular weight excluding hydrogens is 198 g/mol. The molecule has 0 saturated carbocycles. The lowest BCUT2D eigenvalue weighted by Gasteiger charge is -2.16. The van der Waals surface area contributed by atoms with E-state index >= 15 is 0 Å². The van der Waals surface area contributed by atoms with E-state index in [1.807, 2.05) is 0 Å². The summed E-state index contributed by atoms with van der Waals surface area (Å²) in [5.41, 5.74) is 1.03. The molecule has 0 aliphatic rings. The molecule has 1 aromatic heterocycles. The van der Waals surface area contributed by atoms with Crippen molar-refractivity contribution >= 4 is 11.6 Å². The fraction of sp³-hybridized carbons (Fsp3) is 0.600. The van der Waals surface area contributed by atoms with Crippen molar-refractivity contribution < 1.29 is 0 Å². The molecule has 4 heteroatoms. The molecule has 3 nitrogen and oxygen atoms in total. The third-order valence-corrected chi connectivity index (χ3v) is 2.42. The maximum atomic E-state index is 8.45. The van der Waals surface area contributed by atoms with Crippen LogP contribution in [0.5, 0.6) is 0 Å². The number of nitriles is 1. The van der Waals surface area contributed by atoms with E-state index in [1.165, 1.54) is 0 Å². The molecule has 0 saturated heterocycles. The van der Waals surface area contributed by atoms with Gasteiger partial charge in [-0.2, -0.15) is 10.4 Å². The van der Waals surface area contributed by atoms with E-state index in [1.54, 1.807) is 10.9 Å². The smallest absolute Gasteiger partial charge is 0.130 e. The van der Waals surface area contributed by atoms with Gasteiger partial charge >= 0.3 is 0 Å². The Hall–Kier alpha value is -1.01. The Morgan fingerprint density at radius 2 is 2.21 bits per heavy atom. The number of rotatable bonds is 2. The van der Waals surface area contributed by atoms with Crippen LogP contribution in [0.25, 0.3) is 0 Å². The van der Waals surface area contributed by atoms with Crippen molar-refractivity contribution in [2.75, 3.05) is 0 Å². The Balaban J connectivity index is 2.92. The number of halogens is 1. The molecule has 0 bridgehead atoms. The Labute approximate surface area is 89.3 Å². The van der Waals surface area contributed by atoms with Crippen molar-refractivity contribution in [1.82, 2.24) is 9.78 Å². The minimum atomic E-state index is 0.00196. The van der Waals surface area contributed by atoms with Gasteiger partial charge in [-0.25, -0.2) is 0 Å². The summed E-state index contributed by atoms with van der Waals surface area (Å²) in [6.07, 6.45) is 2.21. The van der Waals surface area contributed by atoms with Gasteiger partial charge in [0.15, 0.2) is 0 Å². The molecule has 0 unspecified atom stereocenters. The molecule has 0 amide bonds. The summed E-state index contributed by atoms with van der Waals surface area (Å²) in [6.45, 7) is 6.82. The average molecular weight is 212 g/mol. The zero-order chi connectivity index (χ0) is 10.8. The van der Waals surface area contributed by atoms with Crippen LogP contribution in [0.1, 0.15) is 32.8 Å². The van der Waals surface area contributed by atoms with Crippen LogP contribution in [-0.2, 0) is 12.0 Å². The van der Waals surface area contributed by atoms with Crippen molar-refractivity contribution in [1.29, 1.82) is 5.26 Å². The Kier molecular flexibility index (Phi) is 3.17. The summed E-state index contributed by atoms with van der Waals surface area (Å²) in [4.78, 5) is 0. The normalized spacial score (nSPS) is 11.4. The molecule has 1 heterocycles. The highest BCUT2D eigenvalue weighted by Gasteiger charge is 2.20. The SMILES string of the molecule is CC(C)(C)c1cnn(CCC#N)c1Cl. The fourth-order valence-corrected chi connectivity index (χ4v) is 1.65. The maximum Gasteiger partial charge on any atom is 0.130 e. The Morgan fingerprint density at radius 1 is 1.57 bits per heavy atom. The molecule has 76 valence electrons. The molecule has 0 radical (unpaired) electrons. The van der Waals surface area contributed by atoms with Crippen LogP contribution in [0.2, 0.25) is 5.15 Å². The molecule has 0 N–H and O–H groups in total. The standard InChI is InChI=1S/C10H14ClN3/c1-10(2,3)8-7-13-14(9(8)11)6-4-5-12/h7H,4,6H2,1-3H3. The van der Waals surface area contributed by atoms with Gasteiger partial charge in [-0.1, -0.05) is 32.4 Å². The van der Waals surface area contributed by atoms with Crippen molar-refractivity contribution in [3.05, 3.63) is 16.9 Å². The molecule has 0 atom stereocenters. The summed E-state index contributed by atoms with van der Waals surface area (Å²) in [6, 6.07) is 2.07. The van der Waals surface area contributed by atoms with E-state index in [-0.39, 0.29) is 5.41 Å². The van der Waals surface area contributed by atoms with Crippen LogP contribution in [0.3, 0.4) is 0 Å². The number of hydrogen-bond donors (Lipinski definition) is 0. The monoisotopic (exact) mass is 211 g/mol. The summed E-state index contributed by atoms with van der Waals surface area (Å²) >= 11 is 6.14. The second-order valence-corrected chi connectivity index (χ2v) is 4.59.